The monoisotopic (exact) mass is 266 g/mol. The van der Waals surface area contributed by atoms with Gasteiger partial charge in [-0.05, 0) is 13.8 Å². The first-order valence-corrected chi connectivity index (χ1v) is 7.26. The predicted octanol–water partition coefficient (Wildman–Crippen LogP) is 2.59. The molecule has 0 bridgehead atoms. The highest BCUT2D eigenvalue weighted by Gasteiger charge is 2.32. The summed E-state index contributed by atoms with van der Waals surface area (Å²) in [5.41, 5.74) is 0. The zero-order chi connectivity index (χ0) is 12.9. The molecule has 0 aromatic rings. The molecule has 0 amide bonds. The third kappa shape index (κ3) is 5.12. The van der Waals surface area contributed by atoms with Gasteiger partial charge in [0.1, 0.15) is 0 Å². The standard InChI is InChI=1S/C10H18O4S2/c1-6(8(11)12)5-15-16-10(3,4)7(2)9(13)14/h6-7H,5H2,1-4H3,(H,11,12)(H,13,14)/t6-,7+/m0/s1. The van der Waals surface area contributed by atoms with Crippen molar-refractivity contribution in [2.24, 2.45) is 11.8 Å². The Hall–Kier alpha value is -0.360. The first-order chi connectivity index (χ1) is 7.18. The molecule has 0 aliphatic rings. The molecular weight excluding hydrogens is 248 g/mol. The van der Waals surface area contributed by atoms with E-state index in [1.54, 1.807) is 13.8 Å². The van der Waals surface area contributed by atoms with E-state index in [0.717, 1.165) is 0 Å². The lowest BCUT2D eigenvalue weighted by atomic mass is 9.97. The minimum Gasteiger partial charge on any atom is -0.481 e. The van der Waals surface area contributed by atoms with Crippen molar-refractivity contribution in [2.75, 3.05) is 5.75 Å². The van der Waals surface area contributed by atoms with Gasteiger partial charge in [0.2, 0.25) is 0 Å². The van der Waals surface area contributed by atoms with Gasteiger partial charge in [0.25, 0.3) is 0 Å². The average Bonchev–Trinajstić information content (AvgIpc) is 2.15. The summed E-state index contributed by atoms with van der Waals surface area (Å²) in [6.07, 6.45) is 0. The fourth-order valence-electron chi connectivity index (χ4n) is 0.729. The highest BCUT2D eigenvalue weighted by Crippen LogP contribution is 2.41. The summed E-state index contributed by atoms with van der Waals surface area (Å²) in [4.78, 5) is 21.4. The van der Waals surface area contributed by atoms with Crippen molar-refractivity contribution >= 4 is 33.5 Å². The van der Waals surface area contributed by atoms with Crippen LogP contribution in [0.3, 0.4) is 0 Å². The molecule has 0 heterocycles. The number of hydrogen-bond acceptors (Lipinski definition) is 4. The van der Waals surface area contributed by atoms with E-state index in [9.17, 15) is 9.59 Å². The van der Waals surface area contributed by atoms with Gasteiger partial charge in [-0.25, -0.2) is 0 Å². The third-order valence-electron chi connectivity index (χ3n) is 2.43. The van der Waals surface area contributed by atoms with Crippen molar-refractivity contribution in [1.29, 1.82) is 0 Å². The summed E-state index contributed by atoms with van der Waals surface area (Å²) in [5.74, 6) is -2.05. The van der Waals surface area contributed by atoms with E-state index < -0.39 is 28.5 Å². The van der Waals surface area contributed by atoms with Crippen LogP contribution in [0.5, 0.6) is 0 Å². The lowest BCUT2D eigenvalue weighted by Gasteiger charge is -2.27. The molecule has 94 valence electrons. The summed E-state index contributed by atoms with van der Waals surface area (Å²) in [5, 5.41) is 17.6. The molecule has 0 aliphatic carbocycles. The van der Waals surface area contributed by atoms with E-state index in [2.05, 4.69) is 0 Å². The Balaban J connectivity index is 4.09. The molecule has 6 heteroatoms. The molecule has 0 unspecified atom stereocenters. The molecule has 0 rings (SSSR count). The van der Waals surface area contributed by atoms with E-state index in [0.29, 0.717) is 5.75 Å². The number of aliphatic carboxylic acids is 2. The second-order valence-corrected chi connectivity index (χ2v) is 7.27. The first kappa shape index (κ1) is 15.6. The van der Waals surface area contributed by atoms with Crippen LogP contribution in [0.2, 0.25) is 0 Å². The SMILES string of the molecule is C[C@H](C(=O)O)C(C)(C)SSC[C@H](C)C(=O)O. The van der Waals surface area contributed by atoms with Gasteiger partial charge in [-0.2, -0.15) is 0 Å². The second kappa shape index (κ2) is 6.39. The Morgan fingerprint density at radius 2 is 1.69 bits per heavy atom. The highest BCUT2D eigenvalue weighted by atomic mass is 33.1. The molecule has 0 saturated heterocycles. The highest BCUT2D eigenvalue weighted by molar-refractivity contribution is 8.77. The summed E-state index contributed by atoms with van der Waals surface area (Å²) < 4.78 is -0.408. The molecule has 4 nitrogen and oxygen atoms in total. The van der Waals surface area contributed by atoms with E-state index >= 15 is 0 Å². The van der Waals surface area contributed by atoms with E-state index in [1.807, 2.05) is 13.8 Å². The molecule has 2 atom stereocenters. The average molecular weight is 266 g/mol. The Morgan fingerprint density at radius 1 is 1.19 bits per heavy atom. The number of carboxylic acid groups (broad SMARTS) is 2. The third-order valence-corrected chi connectivity index (χ3v) is 6.01. The minimum absolute atomic E-state index is 0.408. The van der Waals surface area contributed by atoms with Gasteiger partial charge in [0, 0.05) is 10.5 Å². The van der Waals surface area contributed by atoms with Crippen molar-refractivity contribution in [3.63, 3.8) is 0 Å². The Morgan fingerprint density at radius 3 is 2.06 bits per heavy atom. The summed E-state index contributed by atoms with van der Waals surface area (Å²) in [7, 11) is 2.85. The fraction of sp³-hybridized carbons (Fsp3) is 0.800. The molecule has 2 N–H and O–H groups in total. The molecule has 16 heavy (non-hydrogen) atoms. The molecule has 0 aromatic carbocycles. The van der Waals surface area contributed by atoms with Crippen molar-refractivity contribution in [3.8, 4) is 0 Å². The van der Waals surface area contributed by atoms with Gasteiger partial charge in [0.05, 0.1) is 11.8 Å². The zero-order valence-electron chi connectivity index (χ0n) is 9.89. The maximum Gasteiger partial charge on any atom is 0.307 e. The summed E-state index contributed by atoms with van der Waals surface area (Å²) >= 11 is 0. The number of carbonyl (C=O) groups is 2. The Labute approximate surface area is 104 Å². The van der Waals surface area contributed by atoms with Gasteiger partial charge in [0.15, 0.2) is 0 Å². The van der Waals surface area contributed by atoms with Crippen LogP contribution >= 0.6 is 21.6 Å². The second-order valence-electron chi connectivity index (χ2n) is 4.27. The molecule has 0 saturated carbocycles. The predicted molar refractivity (Wildman–Crippen MR) is 67.7 cm³/mol. The van der Waals surface area contributed by atoms with E-state index in [1.165, 1.54) is 21.6 Å². The molecule has 0 aromatic heterocycles. The number of carboxylic acids is 2. The minimum atomic E-state index is -0.829. The smallest absolute Gasteiger partial charge is 0.307 e. The van der Waals surface area contributed by atoms with E-state index in [-0.39, 0.29) is 0 Å². The van der Waals surface area contributed by atoms with Crippen LogP contribution < -0.4 is 0 Å². The fourth-order valence-corrected chi connectivity index (χ4v) is 3.85. The van der Waals surface area contributed by atoms with Crippen LogP contribution in [0.15, 0.2) is 0 Å². The van der Waals surface area contributed by atoms with E-state index in [4.69, 9.17) is 10.2 Å². The first-order valence-electron chi connectivity index (χ1n) is 4.94. The van der Waals surface area contributed by atoms with Crippen LogP contribution in [-0.4, -0.2) is 32.7 Å². The van der Waals surface area contributed by atoms with Crippen LogP contribution in [-0.2, 0) is 9.59 Å². The maximum atomic E-state index is 10.8. The van der Waals surface area contributed by atoms with Crippen LogP contribution in [0.25, 0.3) is 0 Å². The molecule has 0 aliphatic heterocycles. The van der Waals surface area contributed by atoms with Gasteiger partial charge in [-0.1, -0.05) is 35.4 Å². The van der Waals surface area contributed by atoms with Crippen molar-refractivity contribution < 1.29 is 19.8 Å². The van der Waals surface area contributed by atoms with Gasteiger partial charge in [-0.3, -0.25) is 9.59 Å². The van der Waals surface area contributed by atoms with Crippen molar-refractivity contribution in [2.45, 2.75) is 32.4 Å². The number of rotatable bonds is 7. The van der Waals surface area contributed by atoms with Crippen LogP contribution in [0, 0.1) is 11.8 Å². The van der Waals surface area contributed by atoms with Crippen LogP contribution in [0.1, 0.15) is 27.7 Å². The molecule has 0 spiro atoms. The maximum absolute atomic E-state index is 10.8. The normalized spacial score (nSPS) is 15.5. The van der Waals surface area contributed by atoms with Gasteiger partial charge >= 0.3 is 11.9 Å². The molecule has 0 fully saturated rings. The summed E-state index contributed by atoms with van der Waals surface area (Å²) in [6.45, 7) is 7.02. The Kier molecular flexibility index (Phi) is 6.25. The quantitative estimate of drug-likeness (QED) is 0.690. The lowest BCUT2D eigenvalue weighted by Crippen LogP contribution is -2.31. The zero-order valence-corrected chi connectivity index (χ0v) is 11.5. The molecular formula is C10H18O4S2. The Bertz CT molecular complexity index is 266. The topological polar surface area (TPSA) is 74.6 Å². The van der Waals surface area contributed by atoms with Crippen molar-refractivity contribution in [1.82, 2.24) is 0 Å². The van der Waals surface area contributed by atoms with Crippen molar-refractivity contribution in [3.05, 3.63) is 0 Å². The number of hydrogen-bond donors (Lipinski definition) is 2. The lowest BCUT2D eigenvalue weighted by molar-refractivity contribution is -0.142. The van der Waals surface area contributed by atoms with Crippen LogP contribution in [0.4, 0.5) is 0 Å². The summed E-state index contributed by atoms with van der Waals surface area (Å²) in [6, 6.07) is 0. The van der Waals surface area contributed by atoms with Gasteiger partial charge in [-0.15, -0.1) is 0 Å². The largest absolute Gasteiger partial charge is 0.481 e. The van der Waals surface area contributed by atoms with Gasteiger partial charge < -0.3 is 10.2 Å². The molecule has 0 radical (unpaired) electrons.